The molecule has 1 aliphatic carbocycles. The Morgan fingerprint density at radius 1 is 1.22 bits per heavy atom. The lowest BCUT2D eigenvalue weighted by molar-refractivity contribution is 0.102. The number of rotatable bonds is 5. The minimum atomic E-state index is -0.124. The third-order valence-corrected chi connectivity index (χ3v) is 5.73. The summed E-state index contributed by atoms with van der Waals surface area (Å²) in [7, 11) is 0. The Kier molecular flexibility index (Phi) is 5.25. The van der Waals surface area contributed by atoms with E-state index in [9.17, 15) is 4.79 Å². The monoisotopic (exact) mass is 379 g/mol. The third kappa shape index (κ3) is 4.06. The van der Waals surface area contributed by atoms with Gasteiger partial charge in [0, 0.05) is 23.7 Å². The number of hydrogen-bond acceptors (Lipinski definition) is 5. The number of hydrogen-bond donors (Lipinski definition) is 1. The molecule has 0 atom stereocenters. The fourth-order valence-electron chi connectivity index (χ4n) is 3.40. The van der Waals surface area contributed by atoms with Crippen LogP contribution in [0.4, 0.5) is 5.69 Å². The van der Waals surface area contributed by atoms with Crippen LogP contribution in [0, 0.1) is 6.92 Å². The Labute approximate surface area is 162 Å². The predicted molar refractivity (Wildman–Crippen MR) is 106 cm³/mol. The van der Waals surface area contributed by atoms with Crippen LogP contribution in [0.3, 0.4) is 0 Å². The first-order chi connectivity index (χ1) is 13.2. The molecule has 1 aromatic carbocycles. The first-order valence-electron chi connectivity index (χ1n) is 9.13. The van der Waals surface area contributed by atoms with Crippen LogP contribution < -0.4 is 5.32 Å². The van der Waals surface area contributed by atoms with Crippen molar-refractivity contribution >= 4 is 23.4 Å². The standard InChI is InChI=1S/C21H21N3O2S/c1-14-12-16(24-26-14)13-27-21-18(9-5-11-22-21)20(25)23-19-10-4-7-15-6-2-3-8-17(15)19/h4-5,7,9-12H,2-3,6,8,13H2,1H3,(H,23,25). The second-order valence-corrected chi connectivity index (χ2v) is 7.64. The summed E-state index contributed by atoms with van der Waals surface area (Å²) in [4.78, 5) is 17.3. The van der Waals surface area contributed by atoms with Crippen molar-refractivity contribution in [3.63, 3.8) is 0 Å². The van der Waals surface area contributed by atoms with Crippen LogP contribution in [0.5, 0.6) is 0 Å². The minimum absolute atomic E-state index is 0.124. The van der Waals surface area contributed by atoms with Crippen molar-refractivity contribution < 1.29 is 9.32 Å². The molecule has 27 heavy (non-hydrogen) atoms. The molecular formula is C21H21N3O2S. The summed E-state index contributed by atoms with van der Waals surface area (Å²) in [5.41, 5.74) is 4.96. The van der Waals surface area contributed by atoms with Gasteiger partial charge in [0.15, 0.2) is 0 Å². The van der Waals surface area contributed by atoms with E-state index >= 15 is 0 Å². The number of carbonyl (C=O) groups excluding carboxylic acids is 1. The number of aromatic nitrogens is 2. The Morgan fingerprint density at radius 3 is 2.96 bits per heavy atom. The summed E-state index contributed by atoms with van der Waals surface area (Å²) in [6.45, 7) is 1.86. The van der Waals surface area contributed by atoms with E-state index in [2.05, 4.69) is 21.5 Å². The maximum absolute atomic E-state index is 12.9. The Balaban J connectivity index is 1.52. The second-order valence-electron chi connectivity index (χ2n) is 6.68. The maximum atomic E-state index is 12.9. The van der Waals surface area contributed by atoms with E-state index < -0.39 is 0 Å². The number of benzene rings is 1. The highest BCUT2D eigenvalue weighted by Crippen LogP contribution is 2.29. The summed E-state index contributed by atoms with van der Waals surface area (Å²) in [5, 5.41) is 7.79. The molecule has 1 N–H and O–H groups in total. The number of fused-ring (bicyclic) bond motifs is 1. The molecule has 4 rings (SSSR count). The Morgan fingerprint density at radius 2 is 2.11 bits per heavy atom. The molecule has 1 amide bonds. The van der Waals surface area contributed by atoms with E-state index in [0.29, 0.717) is 16.3 Å². The molecule has 0 unspecified atom stereocenters. The summed E-state index contributed by atoms with van der Waals surface area (Å²) in [5.74, 6) is 1.26. The van der Waals surface area contributed by atoms with Gasteiger partial charge in [-0.25, -0.2) is 4.98 Å². The van der Waals surface area contributed by atoms with Gasteiger partial charge in [0.25, 0.3) is 5.91 Å². The minimum Gasteiger partial charge on any atom is -0.361 e. The topological polar surface area (TPSA) is 68.0 Å². The lowest BCUT2D eigenvalue weighted by Crippen LogP contribution is -2.16. The lowest BCUT2D eigenvalue weighted by Gasteiger charge is -2.19. The van der Waals surface area contributed by atoms with Crippen LogP contribution in [0.15, 0.2) is 52.1 Å². The number of nitrogens with zero attached hydrogens (tertiary/aromatic N) is 2. The van der Waals surface area contributed by atoms with Crippen LogP contribution >= 0.6 is 11.8 Å². The number of thioether (sulfide) groups is 1. The maximum Gasteiger partial charge on any atom is 0.258 e. The van der Waals surface area contributed by atoms with Gasteiger partial charge in [0.2, 0.25) is 0 Å². The molecule has 2 heterocycles. The van der Waals surface area contributed by atoms with E-state index in [-0.39, 0.29) is 5.91 Å². The zero-order chi connectivity index (χ0) is 18.6. The van der Waals surface area contributed by atoms with Gasteiger partial charge in [0.1, 0.15) is 10.8 Å². The molecule has 3 aromatic rings. The number of anilines is 1. The average Bonchev–Trinajstić information content (AvgIpc) is 3.12. The zero-order valence-corrected chi connectivity index (χ0v) is 16.0. The van der Waals surface area contributed by atoms with Gasteiger partial charge in [-0.15, -0.1) is 0 Å². The van der Waals surface area contributed by atoms with Crippen LogP contribution in [0.2, 0.25) is 0 Å². The van der Waals surface area contributed by atoms with Crippen LogP contribution in [-0.4, -0.2) is 16.0 Å². The molecular weight excluding hydrogens is 358 g/mol. The quantitative estimate of drug-likeness (QED) is 0.645. The van der Waals surface area contributed by atoms with Crippen molar-refractivity contribution in [3.05, 3.63) is 70.7 Å². The molecule has 0 radical (unpaired) electrons. The first kappa shape index (κ1) is 17.8. The highest BCUT2D eigenvalue weighted by molar-refractivity contribution is 7.98. The Hall–Kier alpha value is -2.60. The number of aryl methyl sites for hydroxylation is 2. The van der Waals surface area contributed by atoms with Gasteiger partial charge in [-0.3, -0.25) is 4.79 Å². The van der Waals surface area contributed by atoms with Gasteiger partial charge < -0.3 is 9.84 Å². The number of carbonyl (C=O) groups is 1. The largest absolute Gasteiger partial charge is 0.361 e. The van der Waals surface area contributed by atoms with Gasteiger partial charge in [0.05, 0.1) is 11.3 Å². The van der Waals surface area contributed by atoms with Crippen LogP contribution in [0.25, 0.3) is 0 Å². The van der Waals surface area contributed by atoms with Gasteiger partial charge in [-0.1, -0.05) is 29.1 Å². The summed E-state index contributed by atoms with van der Waals surface area (Å²) in [6.07, 6.45) is 6.20. The van der Waals surface area contributed by atoms with Crippen LogP contribution in [0.1, 0.15) is 45.8 Å². The summed E-state index contributed by atoms with van der Waals surface area (Å²) >= 11 is 1.49. The summed E-state index contributed by atoms with van der Waals surface area (Å²) in [6, 6.07) is 11.7. The molecule has 0 saturated carbocycles. The summed E-state index contributed by atoms with van der Waals surface area (Å²) < 4.78 is 5.10. The van der Waals surface area contributed by atoms with E-state index in [1.165, 1.54) is 35.7 Å². The fourth-order valence-corrected chi connectivity index (χ4v) is 4.27. The normalized spacial score (nSPS) is 13.2. The number of amides is 1. The highest BCUT2D eigenvalue weighted by atomic mass is 32.2. The smallest absolute Gasteiger partial charge is 0.258 e. The third-order valence-electron chi connectivity index (χ3n) is 4.69. The SMILES string of the molecule is Cc1cc(CSc2ncccc2C(=O)Nc2cccc3c2CCCC3)no1. The second kappa shape index (κ2) is 7.96. The zero-order valence-electron chi connectivity index (χ0n) is 15.2. The Bertz CT molecular complexity index is 968. The lowest BCUT2D eigenvalue weighted by atomic mass is 9.90. The molecule has 138 valence electrons. The van der Waals surface area contributed by atoms with E-state index in [1.807, 2.05) is 31.2 Å². The van der Waals surface area contributed by atoms with Gasteiger partial charge in [-0.05, 0) is 61.9 Å². The highest BCUT2D eigenvalue weighted by Gasteiger charge is 2.18. The van der Waals surface area contributed by atoms with Crippen molar-refractivity contribution in [1.82, 2.24) is 10.1 Å². The molecule has 1 aliphatic rings. The van der Waals surface area contributed by atoms with E-state index in [4.69, 9.17) is 4.52 Å². The predicted octanol–water partition coefficient (Wildman–Crippen LogP) is 4.80. The molecule has 5 nitrogen and oxygen atoms in total. The molecule has 0 bridgehead atoms. The first-order valence-corrected chi connectivity index (χ1v) is 10.1. The van der Waals surface area contributed by atoms with Crippen LogP contribution in [-0.2, 0) is 18.6 Å². The molecule has 0 saturated heterocycles. The van der Waals surface area contributed by atoms with Crippen molar-refractivity contribution in [2.45, 2.75) is 43.4 Å². The van der Waals surface area contributed by atoms with E-state index in [1.54, 1.807) is 12.3 Å². The van der Waals surface area contributed by atoms with Gasteiger partial charge >= 0.3 is 0 Å². The average molecular weight is 379 g/mol. The molecule has 0 spiro atoms. The van der Waals surface area contributed by atoms with E-state index in [0.717, 1.165) is 30.0 Å². The van der Waals surface area contributed by atoms with Crippen molar-refractivity contribution in [3.8, 4) is 0 Å². The number of nitrogens with one attached hydrogen (secondary N) is 1. The molecule has 0 fully saturated rings. The van der Waals surface area contributed by atoms with Crippen molar-refractivity contribution in [2.24, 2.45) is 0 Å². The molecule has 6 heteroatoms. The fraction of sp³-hybridized carbons (Fsp3) is 0.286. The number of pyridine rings is 1. The van der Waals surface area contributed by atoms with Gasteiger partial charge in [-0.2, -0.15) is 0 Å². The van der Waals surface area contributed by atoms with Crippen molar-refractivity contribution in [2.75, 3.05) is 5.32 Å². The van der Waals surface area contributed by atoms with Crippen molar-refractivity contribution in [1.29, 1.82) is 0 Å². The molecule has 0 aliphatic heterocycles. The molecule has 2 aromatic heterocycles.